The number of aliphatic hydroxyl groups excluding tert-OH is 1. The summed E-state index contributed by atoms with van der Waals surface area (Å²) in [7, 11) is 4.52. The maximum Gasteiger partial charge on any atom is 0.259 e. The molecule has 3 aromatic rings. The third-order valence-corrected chi connectivity index (χ3v) is 5.59. The van der Waals surface area contributed by atoms with E-state index in [-0.39, 0.29) is 17.9 Å². The minimum atomic E-state index is -0.236. The first kappa shape index (κ1) is 21.8. The van der Waals surface area contributed by atoms with Crippen LogP contribution in [0, 0.1) is 0 Å². The summed E-state index contributed by atoms with van der Waals surface area (Å²) < 4.78 is 17.7. The highest BCUT2D eigenvalue weighted by molar-refractivity contribution is 6.26. The number of pyridine rings is 2. The molecule has 0 aliphatic heterocycles. The molecule has 1 aliphatic carbocycles. The van der Waals surface area contributed by atoms with Gasteiger partial charge in [0.05, 0.1) is 62.0 Å². The van der Waals surface area contributed by atoms with E-state index >= 15 is 0 Å². The second-order valence-corrected chi connectivity index (χ2v) is 7.36. The molecule has 32 heavy (non-hydrogen) atoms. The number of ether oxygens (including phenoxy) is 3. The molecule has 0 saturated carbocycles. The average molecular weight is 439 g/mol. The number of aromatic nitrogens is 2. The fourth-order valence-electron chi connectivity index (χ4n) is 4.08. The molecule has 0 fully saturated rings. The zero-order valence-corrected chi connectivity index (χ0v) is 18.2. The second kappa shape index (κ2) is 8.97. The van der Waals surface area contributed by atoms with E-state index in [1.807, 2.05) is 0 Å². The topological polar surface area (TPSA) is 112 Å². The van der Waals surface area contributed by atoms with E-state index in [4.69, 9.17) is 19.3 Å². The summed E-state index contributed by atoms with van der Waals surface area (Å²) in [5.41, 5.74) is 1.54. The molecule has 2 heterocycles. The van der Waals surface area contributed by atoms with Crippen molar-refractivity contribution in [3.05, 3.63) is 45.9 Å². The van der Waals surface area contributed by atoms with Gasteiger partial charge in [0.25, 0.3) is 5.56 Å². The molecule has 0 spiro atoms. The number of nitrogens with one attached hydrogen (secondary N) is 1. The first-order chi connectivity index (χ1) is 15.5. The highest BCUT2D eigenvalue weighted by Gasteiger charge is 2.34. The van der Waals surface area contributed by atoms with Gasteiger partial charge in [0.2, 0.25) is 0 Å². The average Bonchev–Trinajstić information content (AvgIpc) is 3.11. The van der Waals surface area contributed by atoms with Crippen molar-refractivity contribution < 1.29 is 24.1 Å². The van der Waals surface area contributed by atoms with Crippen LogP contribution in [0.4, 0.5) is 0 Å². The van der Waals surface area contributed by atoms with Gasteiger partial charge in [0.1, 0.15) is 5.75 Å². The minimum absolute atomic E-state index is 0.0422. The zero-order chi connectivity index (χ0) is 22.8. The van der Waals surface area contributed by atoms with Crippen LogP contribution in [-0.2, 0) is 6.54 Å². The van der Waals surface area contributed by atoms with E-state index in [9.17, 15) is 9.59 Å². The summed E-state index contributed by atoms with van der Waals surface area (Å²) in [5.74, 6) is 1.10. The van der Waals surface area contributed by atoms with E-state index in [0.29, 0.717) is 76.6 Å². The zero-order valence-electron chi connectivity index (χ0n) is 18.2. The van der Waals surface area contributed by atoms with Crippen molar-refractivity contribution in [3.8, 4) is 28.6 Å². The largest absolute Gasteiger partial charge is 0.495 e. The molecule has 9 heteroatoms. The predicted octanol–water partition coefficient (Wildman–Crippen LogP) is 1.61. The van der Waals surface area contributed by atoms with Gasteiger partial charge in [0, 0.05) is 18.5 Å². The Labute approximate surface area is 184 Å². The van der Waals surface area contributed by atoms with Crippen LogP contribution in [0.15, 0.2) is 29.2 Å². The van der Waals surface area contributed by atoms with Crippen molar-refractivity contribution in [1.29, 1.82) is 0 Å². The molecule has 0 radical (unpaired) electrons. The van der Waals surface area contributed by atoms with Crippen molar-refractivity contribution in [2.45, 2.75) is 13.0 Å². The number of aliphatic hydroxyl groups is 1. The normalized spacial score (nSPS) is 12.1. The van der Waals surface area contributed by atoms with E-state index in [0.717, 1.165) is 0 Å². The van der Waals surface area contributed by atoms with Crippen LogP contribution in [-0.4, -0.2) is 61.5 Å². The van der Waals surface area contributed by atoms with Gasteiger partial charge in [-0.25, -0.2) is 0 Å². The molecule has 0 bridgehead atoms. The molecular formula is C23H25N3O6. The Balaban J connectivity index is 1.96. The fraction of sp³-hybridized carbons (Fsp3) is 0.348. The monoisotopic (exact) mass is 439 g/mol. The van der Waals surface area contributed by atoms with Crippen LogP contribution in [0.3, 0.4) is 0 Å². The Morgan fingerprint density at radius 3 is 2.38 bits per heavy atom. The highest BCUT2D eigenvalue weighted by atomic mass is 16.5. The lowest BCUT2D eigenvalue weighted by atomic mass is 10.0. The molecule has 1 aromatic carbocycles. The van der Waals surface area contributed by atoms with Gasteiger partial charge in [-0.3, -0.25) is 14.6 Å². The summed E-state index contributed by atoms with van der Waals surface area (Å²) in [5, 5.41) is 12.9. The van der Waals surface area contributed by atoms with Gasteiger partial charge < -0.3 is 29.2 Å². The van der Waals surface area contributed by atoms with Crippen molar-refractivity contribution in [1.82, 2.24) is 14.9 Å². The Kier molecular flexibility index (Phi) is 6.11. The van der Waals surface area contributed by atoms with Gasteiger partial charge in [-0.2, -0.15) is 0 Å². The van der Waals surface area contributed by atoms with Crippen LogP contribution >= 0.6 is 0 Å². The molecule has 0 amide bonds. The SMILES string of the molecule is COc1cnc2c(c1)C(=O)c1c-2n(CCCNCCO)c(=O)c2cc(OC)c(OC)cc12. The first-order valence-corrected chi connectivity index (χ1v) is 10.3. The lowest BCUT2D eigenvalue weighted by Gasteiger charge is -2.16. The van der Waals surface area contributed by atoms with Crippen LogP contribution < -0.4 is 25.1 Å². The summed E-state index contributed by atoms with van der Waals surface area (Å²) >= 11 is 0. The molecule has 168 valence electrons. The number of rotatable bonds is 9. The Morgan fingerprint density at radius 2 is 1.72 bits per heavy atom. The highest BCUT2D eigenvalue weighted by Crippen LogP contribution is 2.42. The Morgan fingerprint density at radius 1 is 1.00 bits per heavy atom. The molecule has 0 atom stereocenters. The Bertz CT molecular complexity index is 1250. The predicted molar refractivity (Wildman–Crippen MR) is 119 cm³/mol. The van der Waals surface area contributed by atoms with Gasteiger partial charge >= 0.3 is 0 Å². The molecule has 2 aromatic heterocycles. The summed E-state index contributed by atoms with van der Waals surface area (Å²) in [6.45, 7) is 1.51. The Hall–Kier alpha value is -3.43. The first-order valence-electron chi connectivity index (χ1n) is 10.3. The third-order valence-electron chi connectivity index (χ3n) is 5.59. The summed E-state index contributed by atoms with van der Waals surface area (Å²) in [6, 6.07) is 4.93. The van der Waals surface area contributed by atoms with E-state index in [2.05, 4.69) is 10.3 Å². The lowest BCUT2D eigenvalue weighted by Crippen LogP contribution is -2.26. The van der Waals surface area contributed by atoms with Crippen LogP contribution in [0.1, 0.15) is 22.3 Å². The molecule has 4 rings (SSSR count). The summed E-state index contributed by atoms with van der Waals surface area (Å²) in [6.07, 6.45) is 2.17. The van der Waals surface area contributed by atoms with Crippen molar-refractivity contribution >= 4 is 16.6 Å². The van der Waals surface area contributed by atoms with Gasteiger partial charge in [-0.05, 0) is 31.2 Å². The van der Waals surface area contributed by atoms with Gasteiger partial charge in [-0.1, -0.05) is 0 Å². The van der Waals surface area contributed by atoms with Gasteiger partial charge in [0.15, 0.2) is 17.3 Å². The molecule has 0 saturated heterocycles. The van der Waals surface area contributed by atoms with Crippen molar-refractivity contribution in [3.63, 3.8) is 0 Å². The fourth-order valence-corrected chi connectivity index (χ4v) is 4.08. The second-order valence-electron chi connectivity index (χ2n) is 7.36. The van der Waals surface area contributed by atoms with Crippen molar-refractivity contribution in [2.75, 3.05) is 41.0 Å². The van der Waals surface area contributed by atoms with Crippen LogP contribution in [0.5, 0.6) is 17.2 Å². The minimum Gasteiger partial charge on any atom is -0.495 e. The molecule has 9 nitrogen and oxygen atoms in total. The molecular weight excluding hydrogens is 414 g/mol. The van der Waals surface area contributed by atoms with Crippen molar-refractivity contribution in [2.24, 2.45) is 0 Å². The number of hydrogen-bond donors (Lipinski definition) is 2. The number of nitrogens with zero attached hydrogens (tertiary/aromatic N) is 2. The third kappa shape index (κ3) is 3.49. The number of benzene rings is 1. The lowest BCUT2D eigenvalue weighted by molar-refractivity contribution is 0.104. The molecule has 1 aliphatic rings. The number of methoxy groups -OCH3 is 3. The van der Waals surface area contributed by atoms with Crippen LogP contribution in [0.2, 0.25) is 0 Å². The van der Waals surface area contributed by atoms with Gasteiger partial charge in [-0.15, -0.1) is 0 Å². The standard InChI is InChI=1S/C23H25N3O6/c1-30-13-9-16-20(25-12-13)21-19(22(16)28)14-10-17(31-2)18(32-3)11-15(14)23(29)26(21)7-4-5-24-6-8-27/h9-12,24,27H,4-8H2,1-3H3. The number of hydrogen-bond acceptors (Lipinski definition) is 8. The molecule has 0 unspecified atom stereocenters. The number of carbonyl (C=O) groups excluding carboxylic acids is 1. The smallest absolute Gasteiger partial charge is 0.259 e. The van der Waals surface area contributed by atoms with E-state index in [1.54, 1.807) is 22.8 Å². The number of fused-ring (bicyclic) bond motifs is 5. The maximum atomic E-state index is 13.6. The maximum absolute atomic E-state index is 13.6. The number of carbonyl (C=O) groups is 1. The quantitative estimate of drug-likeness (QED) is 0.378. The van der Waals surface area contributed by atoms with E-state index in [1.165, 1.54) is 27.5 Å². The van der Waals surface area contributed by atoms with Crippen LogP contribution in [0.25, 0.3) is 22.2 Å². The summed E-state index contributed by atoms with van der Waals surface area (Å²) in [4.78, 5) is 31.5. The molecule has 2 N–H and O–H groups in total. The number of ketones is 1. The van der Waals surface area contributed by atoms with E-state index < -0.39 is 0 Å².